The van der Waals surface area contributed by atoms with Crippen LogP contribution in [0.15, 0.2) is 15.9 Å². The third-order valence-corrected chi connectivity index (χ3v) is 2.68. The van der Waals surface area contributed by atoms with E-state index in [1.165, 1.54) is 4.68 Å². The van der Waals surface area contributed by atoms with Crippen LogP contribution in [0.3, 0.4) is 0 Å². The van der Waals surface area contributed by atoms with Crippen LogP contribution in [0, 0.1) is 0 Å². The van der Waals surface area contributed by atoms with Gasteiger partial charge in [0.25, 0.3) is 5.56 Å². The van der Waals surface area contributed by atoms with E-state index in [1.807, 2.05) is 13.8 Å². The summed E-state index contributed by atoms with van der Waals surface area (Å²) in [6, 6.07) is 1.77. The van der Waals surface area contributed by atoms with Crippen molar-refractivity contribution >= 4 is 23.1 Å². The van der Waals surface area contributed by atoms with Gasteiger partial charge in [0, 0.05) is 5.92 Å². The number of nitrogens with zero attached hydrogens (tertiary/aromatic N) is 3. The summed E-state index contributed by atoms with van der Waals surface area (Å²) in [5.74, 6) is 0.490. The molecule has 0 atom stereocenters. The molecule has 2 rings (SSSR count). The Kier molecular flexibility index (Phi) is 2.99. The van der Waals surface area contributed by atoms with Crippen molar-refractivity contribution in [1.82, 2.24) is 9.78 Å². The van der Waals surface area contributed by atoms with Gasteiger partial charge in [-0.3, -0.25) is 4.79 Å². The van der Waals surface area contributed by atoms with Crippen molar-refractivity contribution in [3.63, 3.8) is 0 Å². The summed E-state index contributed by atoms with van der Waals surface area (Å²) in [6.45, 7) is 3.85. The molecule has 0 N–H and O–H groups in total. The molecule has 0 radical (unpaired) electrons. The average molecular weight is 235 g/mol. The number of hydrogen-bond donors (Lipinski definition) is 0. The molecule has 0 aliphatic heterocycles. The summed E-state index contributed by atoms with van der Waals surface area (Å²) >= 11 is 4.54. The van der Waals surface area contributed by atoms with E-state index in [4.69, 9.17) is 0 Å². The van der Waals surface area contributed by atoms with Crippen molar-refractivity contribution < 1.29 is 0 Å². The smallest absolute Gasteiger partial charge is 0.265 e. The van der Waals surface area contributed by atoms with Gasteiger partial charge in [0.1, 0.15) is 5.69 Å². The highest BCUT2D eigenvalue weighted by Gasteiger charge is 2.27. The van der Waals surface area contributed by atoms with E-state index >= 15 is 0 Å². The highest BCUT2D eigenvalue weighted by molar-refractivity contribution is 7.78. The molecule has 0 saturated heterocycles. The first-order valence-electron chi connectivity index (χ1n) is 5.35. The lowest BCUT2D eigenvalue weighted by Gasteiger charge is -2.10. The van der Waals surface area contributed by atoms with E-state index in [2.05, 4.69) is 27.5 Å². The Balaban J connectivity index is 2.59. The zero-order valence-corrected chi connectivity index (χ0v) is 10.1. The van der Waals surface area contributed by atoms with E-state index in [-0.39, 0.29) is 11.6 Å². The fourth-order valence-corrected chi connectivity index (χ4v) is 1.67. The van der Waals surface area contributed by atoms with Gasteiger partial charge in [-0.25, -0.2) is 4.68 Å². The molecular formula is C11H13N3OS. The van der Waals surface area contributed by atoms with Crippen molar-refractivity contribution in [2.75, 3.05) is 0 Å². The molecule has 0 bridgehead atoms. The minimum absolute atomic E-state index is 0.0327. The van der Waals surface area contributed by atoms with Crippen molar-refractivity contribution in [1.29, 1.82) is 0 Å². The maximum Gasteiger partial charge on any atom is 0.293 e. The maximum absolute atomic E-state index is 11.9. The minimum atomic E-state index is -0.197. The lowest BCUT2D eigenvalue weighted by molar-refractivity contribution is 0.494. The molecule has 0 spiro atoms. The van der Waals surface area contributed by atoms with Crippen molar-refractivity contribution in [2.24, 2.45) is 4.99 Å². The fraction of sp³-hybridized carbons (Fsp3) is 0.545. The molecular weight excluding hydrogens is 222 g/mol. The first-order chi connectivity index (χ1) is 7.63. The van der Waals surface area contributed by atoms with E-state index < -0.39 is 0 Å². The molecule has 1 aromatic rings. The Bertz CT molecular complexity index is 510. The van der Waals surface area contributed by atoms with Crippen molar-refractivity contribution in [3.05, 3.63) is 22.1 Å². The van der Waals surface area contributed by atoms with Crippen molar-refractivity contribution in [3.8, 4) is 0 Å². The number of isothiocyanates is 1. The highest BCUT2D eigenvalue weighted by atomic mass is 32.1. The van der Waals surface area contributed by atoms with Gasteiger partial charge in [0.2, 0.25) is 0 Å². The van der Waals surface area contributed by atoms with E-state index in [1.54, 1.807) is 6.07 Å². The van der Waals surface area contributed by atoms with E-state index in [0.717, 1.165) is 18.5 Å². The first kappa shape index (κ1) is 11.2. The van der Waals surface area contributed by atoms with Crippen LogP contribution in [-0.2, 0) is 0 Å². The molecule has 16 heavy (non-hydrogen) atoms. The van der Waals surface area contributed by atoms with Gasteiger partial charge in [0.15, 0.2) is 0 Å². The molecule has 1 fully saturated rings. The molecule has 1 aromatic heterocycles. The zero-order chi connectivity index (χ0) is 11.7. The molecule has 1 heterocycles. The maximum atomic E-state index is 11.9. The summed E-state index contributed by atoms with van der Waals surface area (Å²) < 4.78 is 1.47. The summed E-state index contributed by atoms with van der Waals surface area (Å²) in [6.07, 6.45) is 2.29. The second kappa shape index (κ2) is 4.28. The van der Waals surface area contributed by atoms with Crippen LogP contribution >= 0.6 is 12.2 Å². The first-order valence-corrected chi connectivity index (χ1v) is 5.76. The minimum Gasteiger partial charge on any atom is -0.265 e. The van der Waals surface area contributed by atoms with E-state index in [0.29, 0.717) is 11.6 Å². The summed E-state index contributed by atoms with van der Waals surface area (Å²) in [4.78, 5) is 15.7. The molecule has 84 valence electrons. The van der Waals surface area contributed by atoms with Crippen LogP contribution in [0.25, 0.3) is 0 Å². The lowest BCUT2D eigenvalue weighted by Crippen LogP contribution is -2.25. The van der Waals surface area contributed by atoms with Gasteiger partial charge in [-0.05, 0) is 45.0 Å². The Hall–Kier alpha value is -1.32. The Labute approximate surface area is 99.0 Å². The van der Waals surface area contributed by atoms with Gasteiger partial charge in [0.05, 0.1) is 16.9 Å². The number of aliphatic imine (C=N–C) groups is 1. The predicted octanol–water partition coefficient (Wildman–Crippen LogP) is 2.44. The average Bonchev–Trinajstić information content (AvgIpc) is 3.04. The fourth-order valence-electron chi connectivity index (χ4n) is 1.58. The second-order valence-corrected chi connectivity index (χ2v) is 4.46. The molecule has 1 aliphatic carbocycles. The summed E-state index contributed by atoms with van der Waals surface area (Å²) in [5, 5.41) is 6.60. The van der Waals surface area contributed by atoms with Gasteiger partial charge >= 0.3 is 0 Å². The Morgan fingerprint density at radius 2 is 2.31 bits per heavy atom. The van der Waals surface area contributed by atoms with Crippen molar-refractivity contribution in [2.45, 2.75) is 38.6 Å². The van der Waals surface area contributed by atoms with Crippen LogP contribution in [0.4, 0.5) is 5.69 Å². The van der Waals surface area contributed by atoms with E-state index in [9.17, 15) is 4.79 Å². The van der Waals surface area contributed by atoms with Crippen LogP contribution in [0.1, 0.15) is 44.3 Å². The standard InChI is InChI=1S/C11H13N3OS/c1-7(2)14-11(15)10(12-6-16)5-9(13-14)8-3-4-8/h5,7-8H,3-4H2,1-2H3. The number of thiocarbonyl (C=S) groups is 1. The molecule has 5 heteroatoms. The van der Waals surface area contributed by atoms with Gasteiger partial charge in [-0.2, -0.15) is 10.1 Å². The van der Waals surface area contributed by atoms with Gasteiger partial charge in [-0.1, -0.05) is 0 Å². The molecule has 0 amide bonds. The quantitative estimate of drug-likeness (QED) is 0.597. The Morgan fingerprint density at radius 3 is 2.81 bits per heavy atom. The molecule has 0 aromatic carbocycles. The normalized spacial score (nSPS) is 14.9. The third kappa shape index (κ3) is 2.10. The summed E-state index contributed by atoms with van der Waals surface area (Å²) in [7, 11) is 0. The third-order valence-electron chi connectivity index (χ3n) is 2.59. The summed E-state index contributed by atoms with van der Waals surface area (Å²) in [5.41, 5.74) is 1.09. The molecule has 1 saturated carbocycles. The molecule has 4 nitrogen and oxygen atoms in total. The second-order valence-electron chi connectivity index (χ2n) is 4.28. The highest BCUT2D eigenvalue weighted by Crippen LogP contribution is 2.39. The SMILES string of the molecule is CC(C)n1nc(C2CC2)cc(N=C=S)c1=O. The van der Waals surface area contributed by atoms with Crippen LogP contribution in [0.2, 0.25) is 0 Å². The number of aromatic nitrogens is 2. The Morgan fingerprint density at radius 1 is 1.62 bits per heavy atom. The number of rotatable bonds is 3. The topological polar surface area (TPSA) is 47.2 Å². The lowest BCUT2D eigenvalue weighted by atomic mass is 10.2. The monoisotopic (exact) mass is 235 g/mol. The number of hydrogen-bond acceptors (Lipinski definition) is 4. The van der Waals surface area contributed by atoms with Crippen LogP contribution in [-0.4, -0.2) is 14.9 Å². The van der Waals surface area contributed by atoms with Crippen LogP contribution in [0.5, 0.6) is 0 Å². The molecule has 1 aliphatic rings. The zero-order valence-electron chi connectivity index (χ0n) is 9.30. The van der Waals surface area contributed by atoms with Gasteiger partial charge < -0.3 is 0 Å². The predicted molar refractivity (Wildman–Crippen MR) is 65.5 cm³/mol. The van der Waals surface area contributed by atoms with Gasteiger partial charge in [-0.15, -0.1) is 0 Å². The molecule has 0 unspecified atom stereocenters. The largest absolute Gasteiger partial charge is 0.293 e. The van der Waals surface area contributed by atoms with Crippen LogP contribution < -0.4 is 5.56 Å².